The first-order valence-electron chi connectivity index (χ1n) is 5.16. The van der Waals surface area contributed by atoms with Gasteiger partial charge in [-0.25, -0.2) is 4.90 Å². The summed E-state index contributed by atoms with van der Waals surface area (Å²) in [4.78, 5) is 13.2. The maximum Gasteiger partial charge on any atom is 0.214 e. The molecule has 1 rings (SSSR count). The van der Waals surface area contributed by atoms with Crippen molar-refractivity contribution in [3.05, 3.63) is 24.2 Å². The molecule has 3 unspecified atom stereocenters. The number of ketones is 1. The molecule has 5 nitrogen and oxygen atoms in total. The Bertz CT molecular complexity index is 324. The minimum absolute atomic E-state index is 0.221. The van der Waals surface area contributed by atoms with Crippen LogP contribution >= 0.6 is 0 Å². The minimum atomic E-state index is -0.908. The molecule has 3 atom stereocenters. The quantitative estimate of drug-likeness (QED) is 0.575. The van der Waals surface area contributed by atoms with Crippen molar-refractivity contribution < 1.29 is 19.4 Å². The van der Waals surface area contributed by atoms with Gasteiger partial charge in [0.05, 0.1) is 12.3 Å². The Morgan fingerprint density at radius 3 is 2.25 bits per heavy atom. The molecule has 16 heavy (non-hydrogen) atoms. The van der Waals surface area contributed by atoms with E-state index in [1.807, 2.05) is 0 Å². The van der Waals surface area contributed by atoms with E-state index in [9.17, 15) is 15.0 Å². The maximum atomic E-state index is 11.9. The van der Waals surface area contributed by atoms with Crippen molar-refractivity contribution in [1.29, 1.82) is 0 Å². The Morgan fingerprint density at radius 1 is 1.31 bits per heavy atom. The standard InChI is InChI=1S/C11H17NO4/c1-7(12(8(2)13)9(3)14)11(15)10-5-4-6-16-10/h4-9,13-14H,1-3H3. The molecular formula is C11H17NO4. The number of rotatable bonds is 5. The predicted molar refractivity (Wildman–Crippen MR) is 57.7 cm³/mol. The summed E-state index contributed by atoms with van der Waals surface area (Å²) in [7, 11) is 0. The largest absolute Gasteiger partial charge is 0.461 e. The van der Waals surface area contributed by atoms with E-state index in [0.29, 0.717) is 0 Å². The molecule has 0 aliphatic rings. The van der Waals surface area contributed by atoms with Crippen LogP contribution in [0, 0.1) is 0 Å². The lowest BCUT2D eigenvalue weighted by Gasteiger charge is -2.32. The van der Waals surface area contributed by atoms with Crippen LogP contribution in [0.2, 0.25) is 0 Å². The van der Waals surface area contributed by atoms with Gasteiger partial charge < -0.3 is 14.6 Å². The van der Waals surface area contributed by atoms with Crippen molar-refractivity contribution >= 4 is 5.78 Å². The number of aliphatic hydroxyl groups excluding tert-OH is 2. The molecule has 1 heterocycles. The number of hydrogen-bond acceptors (Lipinski definition) is 5. The third-order valence-electron chi connectivity index (χ3n) is 2.45. The van der Waals surface area contributed by atoms with Crippen LogP contribution < -0.4 is 0 Å². The third-order valence-corrected chi connectivity index (χ3v) is 2.45. The van der Waals surface area contributed by atoms with Crippen molar-refractivity contribution in [3.8, 4) is 0 Å². The van der Waals surface area contributed by atoms with E-state index in [0.717, 1.165) is 0 Å². The molecule has 0 fully saturated rings. The fourth-order valence-corrected chi connectivity index (χ4v) is 1.72. The molecular weight excluding hydrogens is 210 g/mol. The average Bonchev–Trinajstić information content (AvgIpc) is 2.67. The second kappa shape index (κ2) is 5.25. The van der Waals surface area contributed by atoms with E-state index in [2.05, 4.69) is 0 Å². The van der Waals surface area contributed by atoms with Crippen LogP contribution in [-0.4, -0.2) is 39.4 Å². The second-order valence-electron chi connectivity index (χ2n) is 3.73. The first kappa shape index (κ1) is 12.9. The van der Waals surface area contributed by atoms with Gasteiger partial charge in [-0.3, -0.25) is 4.79 Å². The van der Waals surface area contributed by atoms with Crippen LogP contribution in [0.1, 0.15) is 31.3 Å². The van der Waals surface area contributed by atoms with E-state index < -0.39 is 18.5 Å². The topological polar surface area (TPSA) is 73.9 Å². The Kier molecular flexibility index (Phi) is 4.23. The highest BCUT2D eigenvalue weighted by molar-refractivity contribution is 5.97. The highest BCUT2D eigenvalue weighted by Gasteiger charge is 2.29. The van der Waals surface area contributed by atoms with Gasteiger partial charge in [-0.1, -0.05) is 0 Å². The van der Waals surface area contributed by atoms with Gasteiger partial charge in [0.15, 0.2) is 5.76 Å². The number of carbonyl (C=O) groups excluding carboxylic acids is 1. The molecule has 2 N–H and O–H groups in total. The molecule has 1 aromatic rings. The Hall–Kier alpha value is -1.17. The summed E-state index contributed by atoms with van der Waals surface area (Å²) in [6, 6.07) is 2.53. The molecule has 1 aromatic heterocycles. The molecule has 0 aliphatic heterocycles. The van der Waals surface area contributed by atoms with E-state index >= 15 is 0 Å². The molecule has 0 bridgehead atoms. The van der Waals surface area contributed by atoms with Crippen LogP contribution in [-0.2, 0) is 0 Å². The SMILES string of the molecule is CC(O)N(C(C)O)C(C)C(=O)c1ccco1. The smallest absolute Gasteiger partial charge is 0.214 e. The Balaban J connectivity index is 2.83. The highest BCUT2D eigenvalue weighted by atomic mass is 16.3. The molecule has 0 amide bonds. The predicted octanol–water partition coefficient (Wildman–Crippen LogP) is 0.829. The monoisotopic (exact) mass is 227 g/mol. The maximum absolute atomic E-state index is 11.9. The number of aliphatic hydroxyl groups is 2. The molecule has 0 spiro atoms. The second-order valence-corrected chi connectivity index (χ2v) is 3.73. The van der Waals surface area contributed by atoms with Gasteiger partial charge in [-0.15, -0.1) is 0 Å². The van der Waals surface area contributed by atoms with E-state index in [1.165, 1.54) is 25.0 Å². The molecule has 0 saturated heterocycles. The fraction of sp³-hybridized carbons (Fsp3) is 0.545. The normalized spacial score (nSPS) is 17.1. The zero-order valence-electron chi connectivity index (χ0n) is 9.62. The van der Waals surface area contributed by atoms with Crippen molar-refractivity contribution in [2.45, 2.75) is 39.3 Å². The van der Waals surface area contributed by atoms with E-state index in [-0.39, 0.29) is 11.5 Å². The fourth-order valence-electron chi connectivity index (χ4n) is 1.72. The van der Waals surface area contributed by atoms with Gasteiger partial charge in [0.25, 0.3) is 0 Å². The van der Waals surface area contributed by atoms with Crippen LogP contribution in [0.5, 0.6) is 0 Å². The number of carbonyl (C=O) groups is 1. The van der Waals surface area contributed by atoms with Crippen molar-refractivity contribution in [2.24, 2.45) is 0 Å². The average molecular weight is 227 g/mol. The van der Waals surface area contributed by atoms with Gasteiger partial charge in [-0.2, -0.15) is 0 Å². The summed E-state index contributed by atoms with van der Waals surface area (Å²) < 4.78 is 4.99. The molecule has 5 heteroatoms. The molecule has 0 aliphatic carbocycles. The van der Waals surface area contributed by atoms with Crippen LogP contribution in [0.25, 0.3) is 0 Å². The van der Waals surface area contributed by atoms with Crippen molar-refractivity contribution in [1.82, 2.24) is 4.90 Å². The number of nitrogens with zero attached hydrogens (tertiary/aromatic N) is 1. The van der Waals surface area contributed by atoms with E-state index in [4.69, 9.17) is 4.42 Å². The van der Waals surface area contributed by atoms with Crippen molar-refractivity contribution in [3.63, 3.8) is 0 Å². The lowest BCUT2D eigenvalue weighted by atomic mass is 10.1. The van der Waals surface area contributed by atoms with Gasteiger partial charge >= 0.3 is 0 Å². The summed E-state index contributed by atoms with van der Waals surface area (Å²) in [5, 5.41) is 19.0. The number of furan rings is 1. The number of Topliss-reactive ketones (excluding diaryl/α,β-unsaturated/α-hetero) is 1. The number of hydrogen-bond donors (Lipinski definition) is 2. The van der Waals surface area contributed by atoms with Crippen molar-refractivity contribution in [2.75, 3.05) is 0 Å². The zero-order valence-corrected chi connectivity index (χ0v) is 9.62. The van der Waals surface area contributed by atoms with Gasteiger partial charge in [0, 0.05) is 0 Å². The first-order chi connectivity index (χ1) is 7.45. The summed E-state index contributed by atoms with van der Waals surface area (Å²) in [5.74, 6) is -0.0504. The summed E-state index contributed by atoms with van der Waals surface area (Å²) in [6.45, 7) is 4.61. The third kappa shape index (κ3) is 2.69. The molecule has 0 aromatic carbocycles. The van der Waals surface area contributed by atoms with Crippen LogP contribution in [0.4, 0.5) is 0 Å². The Morgan fingerprint density at radius 2 is 1.88 bits per heavy atom. The van der Waals surface area contributed by atoms with Gasteiger partial charge in [-0.05, 0) is 32.9 Å². The van der Waals surface area contributed by atoms with Gasteiger partial charge in [0.2, 0.25) is 5.78 Å². The Labute approximate surface area is 94.3 Å². The highest BCUT2D eigenvalue weighted by Crippen LogP contribution is 2.13. The zero-order chi connectivity index (χ0) is 12.3. The lowest BCUT2D eigenvalue weighted by Crippen LogP contribution is -2.49. The van der Waals surface area contributed by atoms with E-state index in [1.54, 1.807) is 19.1 Å². The van der Waals surface area contributed by atoms with Crippen LogP contribution in [0.3, 0.4) is 0 Å². The summed E-state index contributed by atoms with van der Waals surface area (Å²) >= 11 is 0. The summed E-state index contributed by atoms with van der Waals surface area (Å²) in [5.41, 5.74) is 0. The van der Waals surface area contributed by atoms with Gasteiger partial charge in [0.1, 0.15) is 12.5 Å². The molecule has 0 saturated carbocycles. The lowest BCUT2D eigenvalue weighted by molar-refractivity contribution is -0.0976. The minimum Gasteiger partial charge on any atom is -0.461 e. The molecule has 90 valence electrons. The molecule has 0 radical (unpaired) electrons. The first-order valence-corrected chi connectivity index (χ1v) is 5.16. The summed E-state index contributed by atoms with van der Waals surface area (Å²) in [6.07, 6.45) is -0.405. The van der Waals surface area contributed by atoms with Crippen LogP contribution in [0.15, 0.2) is 22.8 Å².